The fraction of sp³-hybridized carbons (Fsp3) is 0.0476. The van der Waals surface area contributed by atoms with E-state index in [4.69, 9.17) is 5.73 Å². The molecule has 3 N–H and O–H groups in total. The van der Waals surface area contributed by atoms with Crippen LogP contribution in [0.2, 0.25) is 0 Å². The highest BCUT2D eigenvalue weighted by Crippen LogP contribution is 2.48. The lowest BCUT2D eigenvalue weighted by atomic mass is 9.70. The molecule has 0 spiro atoms. The zero-order valence-corrected chi connectivity index (χ0v) is 13.4. The minimum absolute atomic E-state index is 0.186. The molecular weight excluding hydrogens is 312 g/mol. The summed E-state index contributed by atoms with van der Waals surface area (Å²) in [5, 5.41) is 2.90. The Labute approximate surface area is 145 Å². The van der Waals surface area contributed by atoms with Crippen LogP contribution in [0.1, 0.15) is 27.0 Å². The van der Waals surface area contributed by atoms with Crippen molar-refractivity contribution in [3.63, 3.8) is 0 Å². The zero-order chi connectivity index (χ0) is 17.4. The van der Waals surface area contributed by atoms with Gasteiger partial charge in [-0.3, -0.25) is 9.59 Å². The molecule has 1 heterocycles. The molecule has 25 heavy (non-hydrogen) atoms. The summed E-state index contributed by atoms with van der Waals surface area (Å²) in [5.41, 5.74) is 7.74. The molecule has 4 rings (SSSR count). The average Bonchev–Trinajstić information content (AvgIpc) is 2.95. The fourth-order valence-corrected chi connectivity index (χ4v) is 3.65. The van der Waals surface area contributed by atoms with E-state index < -0.39 is 11.3 Å². The van der Waals surface area contributed by atoms with E-state index in [1.54, 1.807) is 12.1 Å². The van der Waals surface area contributed by atoms with Crippen molar-refractivity contribution in [3.05, 3.63) is 101 Å². The van der Waals surface area contributed by atoms with E-state index in [9.17, 15) is 9.59 Å². The number of hydrogen-bond donors (Lipinski definition) is 2. The van der Waals surface area contributed by atoms with Gasteiger partial charge in [-0.1, -0.05) is 72.8 Å². The molecule has 0 radical (unpaired) electrons. The molecule has 2 amide bonds. The second kappa shape index (κ2) is 5.60. The van der Waals surface area contributed by atoms with Crippen molar-refractivity contribution < 1.29 is 9.59 Å². The van der Waals surface area contributed by atoms with Gasteiger partial charge >= 0.3 is 0 Å². The maximum atomic E-state index is 13.3. The Balaban J connectivity index is 2.10. The highest BCUT2D eigenvalue weighted by Gasteiger charge is 2.50. The second-order valence-corrected chi connectivity index (χ2v) is 6.03. The monoisotopic (exact) mass is 328 g/mol. The average molecular weight is 328 g/mol. The van der Waals surface area contributed by atoms with Crippen LogP contribution < -0.4 is 11.1 Å². The van der Waals surface area contributed by atoms with Crippen molar-refractivity contribution in [2.24, 2.45) is 5.73 Å². The molecule has 3 aromatic rings. The van der Waals surface area contributed by atoms with Gasteiger partial charge in [0.2, 0.25) is 5.91 Å². The smallest absolute Gasteiger partial charge is 0.250 e. The standard InChI is InChI=1S/C21H16N2O2/c22-19(24)16-12-7-13-17-18(16)23-20(25)21(17,14-8-3-1-4-9-14)15-10-5-2-6-11-15/h1-13H,(H2,22,24)(H,23,25). The molecule has 0 saturated carbocycles. The van der Waals surface area contributed by atoms with Crippen molar-refractivity contribution in [1.29, 1.82) is 0 Å². The summed E-state index contributed by atoms with van der Waals surface area (Å²) in [7, 11) is 0. The van der Waals surface area contributed by atoms with Crippen molar-refractivity contribution in [2.45, 2.75) is 5.41 Å². The fourth-order valence-electron chi connectivity index (χ4n) is 3.65. The molecule has 1 aliphatic rings. The lowest BCUT2D eigenvalue weighted by Gasteiger charge is -2.29. The number of hydrogen-bond acceptors (Lipinski definition) is 2. The van der Waals surface area contributed by atoms with E-state index in [-0.39, 0.29) is 5.91 Å². The summed E-state index contributed by atoms with van der Waals surface area (Å²) < 4.78 is 0. The molecule has 4 nitrogen and oxygen atoms in total. The predicted molar refractivity (Wildman–Crippen MR) is 96.4 cm³/mol. The van der Waals surface area contributed by atoms with Gasteiger partial charge in [-0.15, -0.1) is 0 Å². The van der Waals surface area contributed by atoms with Crippen LogP contribution in [0.3, 0.4) is 0 Å². The molecule has 3 aromatic carbocycles. The van der Waals surface area contributed by atoms with E-state index in [0.29, 0.717) is 11.3 Å². The third kappa shape index (κ3) is 2.08. The van der Waals surface area contributed by atoms with Crippen molar-refractivity contribution in [3.8, 4) is 0 Å². The van der Waals surface area contributed by atoms with Crippen LogP contribution in [0.5, 0.6) is 0 Å². The maximum absolute atomic E-state index is 13.3. The summed E-state index contributed by atoms with van der Waals surface area (Å²) in [6, 6.07) is 24.4. The number of carbonyl (C=O) groups excluding carboxylic acids is 2. The number of benzene rings is 3. The lowest BCUT2D eigenvalue weighted by Crippen LogP contribution is -2.36. The van der Waals surface area contributed by atoms with Gasteiger partial charge in [0.15, 0.2) is 0 Å². The van der Waals surface area contributed by atoms with Crippen LogP contribution in [0.4, 0.5) is 5.69 Å². The summed E-state index contributed by atoms with van der Waals surface area (Å²) >= 11 is 0. The normalized spacial score (nSPS) is 14.6. The summed E-state index contributed by atoms with van der Waals surface area (Å²) in [6.45, 7) is 0. The number of primary amides is 1. The van der Waals surface area contributed by atoms with E-state index in [0.717, 1.165) is 16.7 Å². The Bertz CT molecular complexity index is 926. The van der Waals surface area contributed by atoms with Gasteiger partial charge in [0.1, 0.15) is 5.41 Å². The second-order valence-electron chi connectivity index (χ2n) is 6.03. The maximum Gasteiger partial charge on any atom is 0.250 e. The summed E-state index contributed by atoms with van der Waals surface area (Å²) in [4.78, 5) is 25.1. The van der Waals surface area contributed by atoms with Gasteiger partial charge in [-0.25, -0.2) is 0 Å². The van der Waals surface area contributed by atoms with Crippen LogP contribution in [-0.2, 0) is 10.2 Å². The molecule has 0 saturated heterocycles. The molecular formula is C21H16N2O2. The molecule has 1 aliphatic heterocycles. The molecule has 4 heteroatoms. The Morgan fingerprint density at radius 3 is 1.88 bits per heavy atom. The summed E-state index contributed by atoms with van der Waals surface area (Å²) in [5.74, 6) is -0.748. The number of rotatable bonds is 3. The Morgan fingerprint density at radius 2 is 1.36 bits per heavy atom. The van der Waals surface area contributed by atoms with Crippen LogP contribution in [0.25, 0.3) is 0 Å². The third-order valence-corrected chi connectivity index (χ3v) is 4.73. The topological polar surface area (TPSA) is 72.2 Å². The van der Waals surface area contributed by atoms with Crippen LogP contribution in [-0.4, -0.2) is 11.8 Å². The number of amides is 2. The largest absolute Gasteiger partial charge is 0.366 e. The molecule has 0 aliphatic carbocycles. The number of fused-ring (bicyclic) bond motifs is 1. The molecule has 0 bridgehead atoms. The van der Waals surface area contributed by atoms with Gasteiger partial charge in [-0.05, 0) is 17.2 Å². The Morgan fingerprint density at radius 1 is 0.800 bits per heavy atom. The highest BCUT2D eigenvalue weighted by atomic mass is 16.2. The minimum Gasteiger partial charge on any atom is -0.366 e. The first kappa shape index (κ1) is 15.1. The number of para-hydroxylation sites is 1. The van der Waals surface area contributed by atoms with Crippen molar-refractivity contribution in [1.82, 2.24) is 0 Å². The molecule has 0 fully saturated rings. The number of nitrogens with one attached hydrogen (secondary N) is 1. The third-order valence-electron chi connectivity index (χ3n) is 4.73. The molecule has 0 aromatic heterocycles. The van der Waals surface area contributed by atoms with E-state index >= 15 is 0 Å². The predicted octanol–water partition coefficient (Wildman–Crippen LogP) is 3.07. The minimum atomic E-state index is -1.01. The molecule has 122 valence electrons. The van der Waals surface area contributed by atoms with Gasteiger partial charge < -0.3 is 11.1 Å². The van der Waals surface area contributed by atoms with E-state index in [1.807, 2.05) is 66.7 Å². The number of nitrogens with two attached hydrogens (primary N) is 1. The molecule has 0 unspecified atom stereocenters. The Hall–Kier alpha value is -3.40. The first-order valence-corrected chi connectivity index (χ1v) is 8.01. The first-order chi connectivity index (χ1) is 12.2. The van der Waals surface area contributed by atoms with Crippen LogP contribution >= 0.6 is 0 Å². The first-order valence-electron chi connectivity index (χ1n) is 8.01. The molecule has 0 atom stereocenters. The summed E-state index contributed by atoms with van der Waals surface area (Å²) in [6.07, 6.45) is 0. The Kier molecular flexibility index (Phi) is 3.39. The quantitative estimate of drug-likeness (QED) is 0.775. The van der Waals surface area contributed by atoms with Gasteiger partial charge in [0.25, 0.3) is 5.91 Å². The van der Waals surface area contributed by atoms with Crippen LogP contribution in [0.15, 0.2) is 78.9 Å². The zero-order valence-electron chi connectivity index (χ0n) is 13.4. The van der Waals surface area contributed by atoms with Crippen molar-refractivity contribution in [2.75, 3.05) is 5.32 Å². The van der Waals surface area contributed by atoms with Gasteiger partial charge in [-0.2, -0.15) is 0 Å². The van der Waals surface area contributed by atoms with Crippen molar-refractivity contribution >= 4 is 17.5 Å². The number of carbonyl (C=O) groups is 2. The van der Waals surface area contributed by atoms with E-state index in [1.165, 1.54) is 0 Å². The SMILES string of the molecule is NC(=O)c1cccc2c1NC(=O)C2(c1ccccc1)c1ccccc1. The van der Waals surface area contributed by atoms with Gasteiger partial charge in [0.05, 0.1) is 11.3 Å². The highest BCUT2D eigenvalue weighted by molar-refractivity contribution is 6.15. The van der Waals surface area contributed by atoms with Gasteiger partial charge in [0, 0.05) is 5.56 Å². The van der Waals surface area contributed by atoms with E-state index in [2.05, 4.69) is 5.32 Å². The lowest BCUT2D eigenvalue weighted by molar-refractivity contribution is -0.118. The van der Waals surface area contributed by atoms with Crippen LogP contribution in [0, 0.1) is 0 Å². The number of anilines is 1.